The first-order chi connectivity index (χ1) is 8.19. The van der Waals surface area contributed by atoms with Gasteiger partial charge in [0.2, 0.25) is 0 Å². The zero-order valence-electron chi connectivity index (χ0n) is 10.4. The van der Waals surface area contributed by atoms with Crippen LogP contribution >= 0.6 is 0 Å². The van der Waals surface area contributed by atoms with E-state index >= 15 is 0 Å². The lowest BCUT2D eigenvalue weighted by atomic mass is 10.1. The molecule has 1 heterocycles. The Kier molecular flexibility index (Phi) is 3.55. The molecule has 0 aliphatic rings. The average Bonchev–Trinajstić information content (AvgIpc) is 2.35. The van der Waals surface area contributed by atoms with Crippen LogP contribution in [0.25, 0.3) is 10.9 Å². The quantitative estimate of drug-likeness (QED) is 0.810. The summed E-state index contributed by atoms with van der Waals surface area (Å²) in [7, 11) is 0. The normalized spacial score (nSPS) is 12.6. The first kappa shape index (κ1) is 11.8. The van der Waals surface area contributed by atoms with Gasteiger partial charge in [-0.25, -0.2) is 0 Å². The highest BCUT2D eigenvalue weighted by Gasteiger charge is 1.99. The predicted octanol–water partition coefficient (Wildman–Crippen LogP) is 3.21. The number of hydrogen-bond donors (Lipinski definition) is 1. The van der Waals surface area contributed by atoms with Crippen molar-refractivity contribution in [1.29, 1.82) is 0 Å². The number of hydrogen-bond acceptors (Lipinski definition) is 2. The molecule has 2 nitrogen and oxygen atoms in total. The minimum atomic E-state index is 0.335. The van der Waals surface area contributed by atoms with E-state index in [1.54, 1.807) is 0 Å². The van der Waals surface area contributed by atoms with Crippen LogP contribution in [0.1, 0.15) is 18.2 Å². The standard InChI is InChI=1S/C15H18N2/c1-4-11(2)16-10-13-6-8-15-14(9-13)7-5-12(3)17-15/h4-9,11,16H,1,10H2,2-3H3. The van der Waals surface area contributed by atoms with Crippen molar-refractivity contribution in [1.82, 2.24) is 10.3 Å². The van der Waals surface area contributed by atoms with Crippen molar-refractivity contribution in [2.75, 3.05) is 0 Å². The van der Waals surface area contributed by atoms with Crippen molar-refractivity contribution < 1.29 is 0 Å². The molecule has 0 spiro atoms. The van der Waals surface area contributed by atoms with Gasteiger partial charge >= 0.3 is 0 Å². The summed E-state index contributed by atoms with van der Waals surface area (Å²) in [4.78, 5) is 4.49. The molecule has 1 N–H and O–H groups in total. The van der Waals surface area contributed by atoms with Gasteiger partial charge in [-0.2, -0.15) is 0 Å². The molecule has 0 saturated heterocycles. The van der Waals surface area contributed by atoms with E-state index in [9.17, 15) is 0 Å². The lowest BCUT2D eigenvalue weighted by Crippen LogP contribution is -2.22. The number of aryl methyl sites for hydroxylation is 1. The van der Waals surface area contributed by atoms with Crippen molar-refractivity contribution in [2.24, 2.45) is 0 Å². The van der Waals surface area contributed by atoms with Crippen molar-refractivity contribution in [3.63, 3.8) is 0 Å². The highest BCUT2D eigenvalue weighted by atomic mass is 14.9. The monoisotopic (exact) mass is 226 g/mol. The van der Waals surface area contributed by atoms with Crippen LogP contribution in [0.15, 0.2) is 43.0 Å². The van der Waals surface area contributed by atoms with E-state index in [1.807, 2.05) is 19.1 Å². The minimum Gasteiger partial charge on any atom is -0.307 e. The van der Waals surface area contributed by atoms with Gasteiger partial charge in [-0.05, 0) is 37.6 Å². The Hall–Kier alpha value is -1.67. The van der Waals surface area contributed by atoms with Gasteiger partial charge < -0.3 is 5.32 Å². The molecule has 88 valence electrons. The van der Waals surface area contributed by atoms with Crippen molar-refractivity contribution in [3.05, 3.63) is 54.2 Å². The van der Waals surface area contributed by atoms with Crippen LogP contribution < -0.4 is 5.32 Å². The van der Waals surface area contributed by atoms with Gasteiger partial charge in [0.1, 0.15) is 0 Å². The molecule has 2 rings (SSSR count). The Balaban J connectivity index is 2.20. The summed E-state index contributed by atoms with van der Waals surface area (Å²) in [5, 5.41) is 4.58. The highest BCUT2D eigenvalue weighted by Crippen LogP contribution is 2.14. The Labute approximate surface area is 102 Å². The van der Waals surface area contributed by atoms with Gasteiger partial charge in [0.15, 0.2) is 0 Å². The number of benzene rings is 1. The van der Waals surface area contributed by atoms with Crippen molar-refractivity contribution >= 4 is 10.9 Å². The van der Waals surface area contributed by atoms with Crippen molar-refractivity contribution in [2.45, 2.75) is 26.4 Å². The van der Waals surface area contributed by atoms with Gasteiger partial charge in [-0.1, -0.05) is 18.2 Å². The summed E-state index contributed by atoms with van der Waals surface area (Å²) in [5.74, 6) is 0. The first-order valence-corrected chi connectivity index (χ1v) is 5.91. The van der Waals surface area contributed by atoms with E-state index < -0.39 is 0 Å². The molecule has 0 amide bonds. The molecule has 2 aromatic rings. The maximum absolute atomic E-state index is 4.49. The highest BCUT2D eigenvalue weighted by molar-refractivity contribution is 5.79. The third-order valence-corrected chi connectivity index (χ3v) is 2.87. The van der Waals surface area contributed by atoms with Crippen molar-refractivity contribution in [3.8, 4) is 0 Å². The molecule has 0 aliphatic heterocycles. The Morgan fingerprint density at radius 2 is 2.18 bits per heavy atom. The molecule has 1 atom stereocenters. The number of rotatable bonds is 4. The summed E-state index contributed by atoms with van der Waals surface area (Å²) in [6.45, 7) is 8.73. The second-order valence-electron chi connectivity index (χ2n) is 4.38. The van der Waals surface area contributed by atoms with Crippen LogP contribution in [-0.2, 0) is 6.54 Å². The zero-order chi connectivity index (χ0) is 12.3. The molecule has 0 aliphatic carbocycles. The number of aromatic nitrogens is 1. The lowest BCUT2D eigenvalue weighted by Gasteiger charge is -2.09. The van der Waals surface area contributed by atoms with E-state index in [0.29, 0.717) is 6.04 Å². The van der Waals surface area contributed by atoms with Gasteiger partial charge in [0.25, 0.3) is 0 Å². The molecule has 17 heavy (non-hydrogen) atoms. The number of nitrogens with zero attached hydrogens (tertiary/aromatic N) is 1. The van der Waals surface area contributed by atoms with Crippen LogP contribution in [0.2, 0.25) is 0 Å². The molecule has 0 fully saturated rings. The summed E-state index contributed by atoms with van der Waals surface area (Å²) in [6, 6.07) is 10.9. The largest absolute Gasteiger partial charge is 0.307 e. The van der Waals surface area contributed by atoms with Gasteiger partial charge in [-0.15, -0.1) is 6.58 Å². The van der Waals surface area contributed by atoms with Gasteiger partial charge in [0, 0.05) is 23.7 Å². The van der Waals surface area contributed by atoms with E-state index in [2.05, 4.69) is 48.1 Å². The molecule has 1 aromatic carbocycles. The summed E-state index contributed by atoms with van der Waals surface area (Å²) >= 11 is 0. The maximum atomic E-state index is 4.49. The third-order valence-electron chi connectivity index (χ3n) is 2.87. The molecule has 1 aromatic heterocycles. The molecule has 0 bridgehead atoms. The molecular weight excluding hydrogens is 208 g/mol. The molecule has 0 saturated carbocycles. The predicted molar refractivity (Wildman–Crippen MR) is 73.0 cm³/mol. The maximum Gasteiger partial charge on any atom is 0.0705 e. The minimum absolute atomic E-state index is 0.335. The molecule has 1 unspecified atom stereocenters. The summed E-state index contributed by atoms with van der Waals surface area (Å²) in [5.41, 5.74) is 3.39. The van der Waals surface area contributed by atoms with Crippen LogP contribution in [0.3, 0.4) is 0 Å². The average molecular weight is 226 g/mol. The number of fused-ring (bicyclic) bond motifs is 1. The second kappa shape index (κ2) is 5.11. The van der Waals surface area contributed by atoms with E-state index in [4.69, 9.17) is 0 Å². The Morgan fingerprint density at radius 3 is 2.94 bits per heavy atom. The van der Waals surface area contributed by atoms with Crippen LogP contribution in [0, 0.1) is 6.92 Å². The molecular formula is C15H18N2. The lowest BCUT2D eigenvalue weighted by molar-refractivity contribution is 0.634. The van der Waals surface area contributed by atoms with E-state index in [0.717, 1.165) is 17.8 Å². The van der Waals surface area contributed by atoms with E-state index in [-0.39, 0.29) is 0 Å². The number of pyridine rings is 1. The summed E-state index contributed by atoms with van der Waals surface area (Å²) in [6.07, 6.45) is 1.91. The fourth-order valence-corrected chi connectivity index (χ4v) is 1.75. The molecule has 2 heteroatoms. The smallest absolute Gasteiger partial charge is 0.0705 e. The van der Waals surface area contributed by atoms with E-state index in [1.165, 1.54) is 10.9 Å². The fourth-order valence-electron chi connectivity index (χ4n) is 1.75. The molecule has 0 radical (unpaired) electrons. The summed E-state index contributed by atoms with van der Waals surface area (Å²) < 4.78 is 0. The second-order valence-corrected chi connectivity index (χ2v) is 4.38. The number of nitrogens with one attached hydrogen (secondary N) is 1. The van der Waals surface area contributed by atoms with Crippen LogP contribution in [0.4, 0.5) is 0 Å². The first-order valence-electron chi connectivity index (χ1n) is 5.91. The topological polar surface area (TPSA) is 24.9 Å². The Morgan fingerprint density at radius 1 is 1.35 bits per heavy atom. The zero-order valence-corrected chi connectivity index (χ0v) is 10.4. The Bertz CT molecular complexity index is 531. The SMILES string of the molecule is C=CC(C)NCc1ccc2nc(C)ccc2c1. The van der Waals surface area contributed by atoms with Crippen LogP contribution in [-0.4, -0.2) is 11.0 Å². The van der Waals surface area contributed by atoms with Gasteiger partial charge in [0.05, 0.1) is 5.52 Å². The van der Waals surface area contributed by atoms with Gasteiger partial charge in [-0.3, -0.25) is 4.98 Å². The third kappa shape index (κ3) is 2.92. The van der Waals surface area contributed by atoms with Crippen LogP contribution in [0.5, 0.6) is 0 Å². The fraction of sp³-hybridized carbons (Fsp3) is 0.267.